The highest BCUT2D eigenvalue weighted by atomic mass is 16.2. The monoisotopic (exact) mass is 257 g/mol. The highest BCUT2D eigenvalue weighted by Crippen LogP contribution is 2.10. The molecule has 1 saturated heterocycles. The molecule has 0 bridgehead atoms. The first-order chi connectivity index (χ1) is 9.20. The lowest BCUT2D eigenvalue weighted by Gasteiger charge is -2.35. The average molecular weight is 257 g/mol. The normalized spacial score (nSPS) is 17.8. The van der Waals surface area contributed by atoms with E-state index in [-0.39, 0.29) is 5.91 Å². The van der Waals surface area contributed by atoms with Crippen molar-refractivity contribution in [2.45, 2.75) is 13.5 Å². The van der Waals surface area contributed by atoms with Crippen LogP contribution < -0.4 is 0 Å². The molecule has 1 atom stereocenters. The van der Waals surface area contributed by atoms with E-state index in [0.717, 1.165) is 32.7 Å². The van der Waals surface area contributed by atoms with Crippen molar-refractivity contribution < 1.29 is 4.79 Å². The third-order valence-corrected chi connectivity index (χ3v) is 3.50. The van der Waals surface area contributed by atoms with Gasteiger partial charge in [0.05, 0.1) is 6.07 Å². The lowest BCUT2D eigenvalue weighted by molar-refractivity contribution is -0.135. The van der Waals surface area contributed by atoms with Crippen LogP contribution in [0.1, 0.15) is 12.5 Å². The number of carbonyl (C=O) groups excluding carboxylic acids is 1. The fourth-order valence-electron chi connectivity index (χ4n) is 2.30. The van der Waals surface area contributed by atoms with E-state index in [2.05, 4.69) is 17.0 Å². The second kappa shape index (κ2) is 6.35. The van der Waals surface area contributed by atoms with Crippen molar-refractivity contribution in [1.82, 2.24) is 9.80 Å². The Hall–Kier alpha value is -1.86. The average Bonchev–Trinajstić information content (AvgIpc) is 2.47. The number of hydrogen-bond donors (Lipinski definition) is 0. The van der Waals surface area contributed by atoms with E-state index in [9.17, 15) is 4.79 Å². The van der Waals surface area contributed by atoms with Gasteiger partial charge in [-0.05, 0) is 12.5 Å². The van der Waals surface area contributed by atoms with Crippen LogP contribution in [0.25, 0.3) is 0 Å². The second-order valence-electron chi connectivity index (χ2n) is 4.94. The summed E-state index contributed by atoms with van der Waals surface area (Å²) in [7, 11) is 0. The standard InChI is InChI=1S/C15H19N3O/c1-13(11-16)15(19)18-9-7-17(8-10-18)12-14-5-3-2-4-6-14/h2-6,13H,7-10,12H2,1H3. The first-order valence-corrected chi connectivity index (χ1v) is 6.65. The topological polar surface area (TPSA) is 47.3 Å². The predicted octanol–water partition coefficient (Wildman–Crippen LogP) is 1.49. The predicted molar refractivity (Wildman–Crippen MR) is 73.1 cm³/mol. The summed E-state index contributed by atoms with van der Waals surface area (Å²) >= 11 is 0. The first kappa shape index (κ1) is 13.6. The van der Waals surface area contributed by atoms with Crippen LogP contribution in [0.5, 0.6) is 0 Å². The summed E-state index contributed by atoms with van der Waals surface area (Å²) in [5, 5.41) is 8.77. The zero-order chi connectivity index (χ0) is 13.7. The van der Waals surface area contributed by atoms with E-state index in [1.54, 1.807) is 11.8 Å². The molecule has 100 valence electrons. The summed E-state index contributed by atoms with van der Waals surface area (Å²) in [6, 6.07) is 12.4. The van der Waals surface area contributed by atoms with E-state index in [4.69, 9.17) is 5.26 Å². The third kappa shape index (κ3) is 3.55. The maximum atomic E-state index is 11.9. The number of amides is 1. The maximum absolute atomic E-state index is 11.9. The van der Waals surface area contributed by atoms with E-state index in [1.165, 1.54) is 5.56 Å². The van der Waals surface area contributed by atoms with Gasteiger partial charge in [0.1, 0.15) is 5.92 Å². The molecule has 1 aromatic carbocycles. The number of nitriles is 1. The van der Waals surface area contributed by atoms with Gasteiger partial charge in [0.25, 0.3) is 0 Å². The number of carbonyl (C=O) groups is 1. The summed E-state index contributed by atoms with van der Waals surface area (Å²) < 4.78 is 0. The van der Waals surface area contributed by atoms with Gasteiger partial charge in [0, 0.05) is 32.7 Å². The van der Waals surface area contributed by atoms with Gasteiger partial charge in [-0.15, -0.1) is 0 Å². The summed E-state index contributed by atoms with van der Waals surface area (Å²) in [5.41, 5.74) is 1.30. The van der Waals surface area contributed by atoms with Crippen molar-refractivity contribution in [3.05, 3.63) is 35.9 Å². The number of benzene rings is 1. The van der Waals surface area contributed by atoms with Crippen LogP contribution in [0, 0.1) is 17.2 Å². The van der Waals surface area contributed by atoms with Crippen molar-refractivity contribution >= 4 is 5.91 Å². The largest absolute Gasteiger partial charge is 0.339 e. The molecule has 1 amide bonds. The molecule has 1 aliphatic rings. The molecular weight excluding hydrogens is 238 g/mol. The van der Waals surface area contributed by atoms with Crippen molar-refractivity contribution in [3.63, 3.8) is 0 Å². The number of hydrogen-bond acceptors (Lipinski definition) is 3. The van der Waals surface area contributed by atoms with Crippen molar-refractivity contribution in [2.75, 3.05) is 26.2 Å². The van der Waals surface area contributed by atoms with Crippen LogP contribution in [-0.2, 0) is 11.3 Å². The summed E-state index contributed by atoms with van der Waals surface area (Å²) in [4.78, 5) is 16.0. The Bertz CT molecular complexity index is 458. The highest BCUT2D eigenvalue weighted by Gasteiger charge is 2.24. The molecular formula is C15H19N3O. The Balaban J connectivity index is 1.83. The highest BCUT2D eigenvalue weighted by molar-refractivity contribution is 5.80. The molecule has 1 aromatic rings. The zero-order valence-corrected chi connectivity index (χ0v) is 11.2. The Kier molecular flexibility index (Phi) is 4.53. The van der Waals surface area contributed by atoms with Gasteiger partial charge in [0.2, 0.25) is 5.91 Å². The van der Waals surface area contributed by atoms with Gasteiger partial charge in [-0.3, -0.25) is 9.69 Å². The molecule has 1 fully saturated rings. The lowest BCUT2D eigenvalue weighted by Crippen LogP contribution is -2.49. The van der Waals surface area contributed by atoms with Crippen LogP contribution >= 0.6 is 0 Å². The van der Waals surface area contributed by atoms with Crippen LogP contribution in [-0.4, -0.2) is 41.9 Å². The fourth-order valence-corrected chi connectivity index (χ4v) is 2.30. The quantitative estimate of drug-likeness (QED) is 0.824. The SMILES string of the molecule is CC(C#N)C(=O)N1CCN(Cc2ccccc2)CC1. The Morgan fingerprint density at radius 3 is 2.47 bits per heavy atom. The van der Waals surface area contributed by atoms with E-state index in [0.29, 0.717) is 0 Å². The molecule has 19 heavy (non-hydrogen) atoms. The van der Waals surface area contributed by atoms with E-state index >= 15 is 0 Å². The Morgan fingerprint density at radius 2 is 1.89 bits per heavy atom. The zero-order valence-electron chi connectivity index (χ0n) is 11.2. The van der Waals surface area contributed by atoms with Crippen LogP contribution in [0.4, 0.5) is 0 Å². The Labute approximate surface area is 114 Å². The van der Waals surface area contributed by atoms with Gasteiger partial charge < -0.3 is 4.90 Å². The molecule has 0 aromatic heterocycles. The maximum Gasteiger partial charge on any atom is 0.239 e. The smallest absolute Gasteiger partial charge is 0.239 e. The molecule has 0 aliphatic carbocycles. The molecule has 4 nitrogen and oxygen atoms in total. The van der Waals surface area contributed by atoms with Crippen LogP contribution in [0.2, 0.25) is 0 Å². The Morgan fingerprint density at radius 1 is 1.26 bits per heavy atom. The van der Waals surface area contributed by atoms with Crippen molar-refractivity contribution in [1.29, 1.82) is 5.26 Å². The molecule has 1 aliphatic heterocycles. The minimum Gasteiger partial charge on any atom is -0.339 e. The molecule has 0 radical (unpaired) electrons. The van der Waals surface area contributed by atoms with Gasteiger partial charge >= 0.3 is 0 Å². The summed E-state index contributed by atoms with van der Waals surface area (Å²) in [6.45, 7) is 5.78. The molecule has 4 heteroatoms. The van der Waals surface area contributed by atoms with Gasteiger partial charge in [-0.25, -0.2) is 0 Å². The first-order valence-electron chi connectivity index (χ1n) is 6.65. The molecule has 1 heterocycles. The molecule has 2 rings (SSSR count). The van der Waals surface area contributed by atoms with Crippen LogP contribution in [0.15, 0.2) is 30.3 Å². The van der Waals surface area contributed by atoms with Crippen molar-refractivity contribution in [3.8, 4) is 6.07 Å². The van der Waals surface area contributed by atoms with E-state index < -0.39 is 5.92 Å². The summed E-state index contributed by atoms with van der Waals surface area (Å²) in [5.74, 6) is -0.567. The number of nitrogens with zero attached hydrogens (tertiary/aromatic N) is 3. The van der Waals surface area contributed by atoms with E-state index in [1.807, 2.05) is 24.3 Å². The minimum atomic E-state index is -0.527. The lowest BCUT2D eigenvalue weighted by atomic mass is 10.1. The summed E-state index contributed by atoms with van der Waals surface area (Å²) in [6.07, 6.45) is 0. The van der Waals surface area contributed by atoms with Crippen LogP contribution in [0.3, 0.4) is 0 Å². The molecule has 0 saturated carbocycles. The minimum absolute atomic E-state index is 0.0399. The van der Waals surface area contributed by atoms with Gasteiger partial charge in [0.15, 0.2) is 0 Å². The second-order valence-corrected chi connectivity index (χ2v) is 4.94. The van der Waals surface area contributed by atoms with Crippen molar-refractivity contribution in [2.24, 2.45) is 5.92 Å². The molecule has 0 spiro atoms. The number of piperazine rings is 1. The van der Waals surface area contributed by atoms with Gasteiger partial charge in [-0.1, -0.05) is 30.3 Å². The third-order valence-electron chi connectivity index (χ3n) is 3.50. The fraction of sp³-hybridized carbons (Fsp3) is 0.467. The molecule has 0 N–H and O–H groups in total. The molecule has 1 unspecified atom stereocenters. The van der Waals surface area contributed by atoms with Gasteiger partial charge in [-0.2, -0.15) is 5.26 Å². The number of rotatable bonds is 3.